The highest BCUT2D eigenvalue weighted by atomic mass is 32.2. The van der Waals surface area contributed by atoms with Crippen LogP contribution >= 0.6 is 0 Å². The lowest BCUT2D eigenvalue weighted by atomic mass is 10.1. The molecule has 2 atom stereocenters. The molecule has 30 heavy (non-hydrogen) atoms. The Morgan fingerprint density at radius 2 is 2.07 bits per heavy atom. The number of rotatable bonds is 4. The average Bonchev–Trinajstić information content (AvgIpc) is 3.39. The number of anilines is 2. The van der Waals surface area contributed by atoms with Gasteiger partial charge >= 0.3 is 0 Å². The lowest BCUT2D eigenvalue weighted by Crippen LogP contribution is -2.44. The molecule has 2 unspecified atom stereocenters. The van der Waals surface area contributed by atoms with Crippen molar-refractivity contribution in [2.45, 2.75) is 19.4 Å². The predicted molar refractivity (Wildman–Crippen MR) is 118 cm³/mol. The summed E-state index contributed by atoms with van der Waals surface area (Å²) >= 11 is -1.30. The third-order valence-corrected chi connectivity index (χ3v) is 6.96. The third-order valence-electron chi connectivity index (χ3n) is 5.61. The second-order valence-corrected chi connectivity index (χ2v) is 9.42. The molecule has 0 saturated carbocycles. The summed E-state index contributed by atoms with van der Waals surface area (Å²) in [4.78, 5) is 19.8. The number of nitrogens with zero attached hydrogens (tertiary/aromatic N) is 6. The van der Waals surface area contributed by atoms with Gasteiger partial charge in [-0.2, -0.15) is 4.31 Å². The van der Waals surface area contributed by atoms with Crippen LogP contribution in [-0.2, 0) is 22.7 Å². The molecule has 1 N–H and O–H groups in total. The number of ether oxygens (including phenoxy) is 1. The first kappa shape index (κ1) is 19.6. The maximum Gasteiger partial charge on any atom is 0.184 e. The summed E-state index contributed by atoms with van der Waals surface area (Å²) in [5, 5.41) is 0.969. The maximum absolute atomic E-state index is 12.9. The van der Waals surface area contributed by atoms with Crippen LogP contribution in [0.2, 0.25) is 0 Å². The van der Waals surface area contributed by atoms with Crippen molar-refractivity contribution in [1.82, 2.24) is 24.2 Å². The van der Waals surface area contributed by atoms with E-state index in [-0.39, 0.29) is 6.04 Å². The summed E-state index contributed by atoms with van der Waals surface area (Å²) in [6.07, 6.45) is 4.40. The van der Waals surface area contributed by atoms with E-state index >= 15 is 0 Å². The van der Waals surface area contributed by atoms with Gasteiger partial charge in [0.2, 0.25) is 0 Å². The number of fused-ring (bicyclic) bond motifs is 2. The Balaban J connectivity index is 1.69. The van der Waals surface area contributed by atoms with Gasteiger partial charge in [0.1, 0.15) is 11.5 Å². The molecule has 0 aromatic carbocycles. The van der Waals surface area contributed by atoms with Gasteiger partial charge in [-0.25, -0.2) is 15.0 Å². The van der Waals surface area contributed by atoms with Gasteiger partial charge in [0.05, 0.1) is 25.8 Å². The molecule has 2 aliphatic rings. The van der Waals surface area contributed by atoms with Crippen LogP contribution in [0.5, 0.6) is 0 Å². The van der Waals surface area contributed by atoms with Crippen LogP contribution in [-0.4, -0.2) is 75.2 Å². The van der Waals surface area contributed by atoms with Crippen molar-refractivity contribution < 1.29 is 9.29 Å². The second-order valence-electron chi connectivity index (χ2n) is 7.78. The maximum atomic E-state index is 12.9. The summed E-state index contributed by atoms with van der Waals surface area (Å²) in [6.45, 7) is 4.91. The van der Waals surface area contributed by atoms with Crippen molar-refractivity contribution in [3.8, 4) is 11.4 Å². The highest BCUT2D eigenvalue weighted by molar-refractivity contribution is 7.90. The van der Waals surface area contributed by atoms with Crippen LogP contribution in [0, 0.1) is 0 Å². The van der Waals surface area contributed by atoms with Crippen LogP contribution in [0.25, 0.3) is 22.4 Å². The number of morpholine rings is 1. The highest BCUT2D eigenvalue weighted by Gasteiger charge is 2.37. The van der Waals surface area contributed by atoms with Gasteiger partial charge in [0.25, 0.3) is 0 Å². The summed E-state index contributed by atoms with van der Waals surface area (Å²) in [6, 6.07) is 4.14. The quantitative estimate of drug-likeness (QED) is 0.629. The Labute approximate surface area is 178 Å². The fraction of sp³-hybridized carbons (Fsp3) is 0.450. The largest absolute Gasteiger partial charge is 0.573 e. The van der Waals surface area contributed by atoms with E-state index < -0.39 is 11.5 Å². The molecule has 0 radical (unpaired) electrons. The molecular formula is C20H25N7O2S. The minimum Gasteiger partial charge on any atom is -0.573 e. The lowest BCUT2D eigenvalue weighted by molar-refractivity contribution is 0.0984. The van der Waals surface area contributed by atoms with E-state index in [1.165, 1.54) is 0 Å². The molecule has 10 heteroatoms. The molecule has 0 spiro atoms. The Morgan fingerprint density at radius 3 is 2.87 bits per heavy atom. The van der Waals surface area contributed by atoms with Crippen LogP contribution in [0.3, 0.4) is 0 Å². The van der Waals surface area contributed by atoms with Crippen LogP contribution in [0.15, 0.2) is 24.5 Å². The van der Waals surface area contributed by atoms with Crippen molar-refractivity contribution in [2.24, 2.45) is 0 Å². The fourth-order valence-electron chi connectivity index (χ4n) is 4.11. The molecule has 3 aromatic heterocycles. The summed E-state index contributed by atoms with van der Waals surface area (Å²) in [5.74, 6) is 2.29. The van der Waals surface area contributed by atoms with E-state index in [9.17, 15) is 4.55 Å². The molecule has 9 nitrogen and oxygen atoms in total. The van der Waals surface area contributed by atoms with Gasteiger partial charge in [-0.05, 0) is 19.1 Å². The van der Waals surface area contributed by atoms with Gasteiger partial charge in [-0.15, -0.1) is 4.31 Å². The van der Waals surface area contributed by atoms with E-state index in [1.54, 1.807) is 10.5 Å². The Hall–Kier alpha value is -2.40. The van der Waals surface area contributed by atoms with Crippen molar-refractivity contribution in [3.63, 3.8) is 0 Å². The Kier molecular flexibility index (Phi) is 5.02. The number of hydrogen-bond donors (Lipinski definition) is 1. The molecule has 3 aromatic rings. The normalized spacial score (nSPS) is 20.2. The number of H-pyrrole nitrogens is 1. The first-order chi connectivity index (χ1) is 14.5. The molecule has 5 heterocycles. The van der Waals surface area contributed by atoms with Gasteiger partial charge in [0, 0.05) is 56.0 Å². The number of aromatic amines is 1. The second kappa shape index (κ2) is 7.69. The zero-order valence-electron chi connectivity index (χ0n) is 17.3. The zero-order chi connectivity index (χ0) is 20.8. The Bertz CT molecular complexity index is 1070. The van der Waals surface area contributed by atoms with Crippen molar-refractivity contribution in [2.75, 3.05) is 49.6 Å². The van der Waals surface area contributed by atoms with Crippen LogP contribution in [0.1, 0.15) is 12.5 Å². The van der Waals surface area contributed by atoms with Crippen molar-refractivity contribution in [1.29, 1.82) is 0 Å². The van der Waals surface area contributed by atoms with E-state index in [2.05, 4.69) is 21.8 Å². The van der Waals surface area contributed by atoms with Gasteiger partial charge in [-0.1, -0.05) is 0 Å². The first-order valence-electron chi connectivity index (χ1n) is 10.1. The molecule has 1 saturated heterocycles. The molecule has 0 aliphatic carbocycles. The molecule has 5 rings (SSSR count). The molecule has 0 amide bonds. The topological polar surface area (TPSA) is 96.5 Å². The molecular weight excluding hydrogens is 402 g/mol. The van der Waals surface area contributed by atoms with Crippen LogP contribution in [0.4, 0.5) is 11.6 Å². The predicted octanol–water partition coefficient (Wildman–Crippen LogP) is 1.75. The standard InChI is InChI=1S/C20H25N7O2S/c1-13-12-29-11-10-26(13)19-16-6-9-27(30(28)25(2)3)20(16)24-18(23-19)15-5-8-22-17-14(15)4-7-21-17/h4-5,7-8,13H,6,9-12H2,1-3H3,(H,21,22). The highest BCUT2D eigenvalue weighted by Crippen LogP contribution is 2.38. The Morgan fingerprint density at radius 1 is 1.23 bits per heavy atom. The van der Waals surface area contributed by atoms with E-state index in [1.807, 2.05) is 36.7 Å². The zero-order valence-corrected chi connectivity index (χ0v) is 18.1. The minimum absolute atomic E-state index is 0.212. The number of aromatic nitrogens is 4. The molecule has 0 bridgehead atoms. The average molecular weight is 428 g/mol. The summed E-state index contributed by atoms with van der Waals surface area (Å²) in [7, 11) is 3.63. The third kappa shape index (κ3) is 3.20. The lowest BCUT2D eigenvalue weighted by Gasteiger charge is -2.35. The van der Waals surface area contributed by atoms with E-state index in [4.69, 9.17) is 14.7 Å². The smallest absolute Gasteiger partial charge is 0.184 e. The molecule has 1 fully saturated rings. The number of pyridine rings is 1. The van der Waals surface area contributed by atoms with Crippen molar-refractivity contribution in [3.05, 3.63) is 30.1 Å². The minimum atomic E-state index is -1.30. The van der Waals surface area contributed by atoms with E-state index in [0.29, 0.717) is 25.6 Å². The monoisotopic (exact) mass is 427 g/mol. The number of hydrogen-bond acceptors (Lipinski definition) is 8. The van der Waals surface area contributed by atoms with Crippen LogP contribution < -0.4 is 9.21 Å². The number of nitrogens with one attached hydrogen (secondary N) is 1. The molecule has 2 aliphatic heterocycles. The van der Waals surface area contributed by atoms with E-state index in [0.717, 1.165) is 46.8 Å². The summed E-state index contributed by atoms with van der Waals surface area (Å²) in [5.41, 5.74) is 2.77. The fourth-order valence-corrected chi connectivity index (χ4v) is 5.06. The van der Waals surface area contributed by atoms with Gasteiger partial charge in [-0.3, -0.25) is 0 Å². The SMILES string of the molecule is CC1COCCN1c1nc(-c2ccnc3[nH]ccc23)nc2c1CCN2[S+]([O-])N(C)C. The summed E-state index contributed by atoms with van der Waals surface area (Å²) < 4.78 is 22.1. The van der Waals surface area contributed by atoms with Gasteiger partial charge in [0.15, 0.2) is 23.2 Å². The van der Waals surface area contributed by atoms with Crippen molar-refractivity contribution >= 4 is 34.2 Å². The molecule has 158 valence electrons. The first-order valence-corrected chi connectivity index (χ1v) is 11.2. The van der Waals surface area contributed by atoms with Gasteiger partial charge < -0.3 is 19.2 Å².